The fourth-order valence-electron chi connectivity index (χ4n) is 2.19. The van der Waals surface area contributed by atoms with Gasteiger partial charge in [0.2, 0.25) is 7.37 Å². The van der Waals surface area contributed by atoms with Crippen molar-refractivity contribution in [2.24, 2.45) is 5.92 Å². The summed E-state index contributed by atoms with van der Waals surface area (Å²) in [7, 11) is -8.37. The van der Waals surface area contributed by atoms with Crippen molar-refractivity contribution in [2.75, 3.05) is 5.90 Å². The van der Waals surface area contributed by atoms with E-state index < -0.39 is 20.9 Å². The van der Waals surface area contributed by atoms with Crippen LogP contribution in [-0.4, -0.2) is 20.6 Å². The third kappa shape index (κ3) is 15.1. The van der Waals surface area contributed by atoms with Crippen LogP contribution < -0.4 is 0 Å². The number of hydrogen-bond acceptors (Lipinski definition) is 2. The van der Waals surface area contributed by atoms with E-state index in [4.69, 9.17) is 9.79 Å². The molecule has 2 unspecified atom stereocenters. The highest BCUT2D eigenvalue weighted by Crippen LogP contribution is 2.55. The fourth-order valence-corrected chi connectivity index (χ4v) is 5.13. The minimum atomic E-state index is -4.47. The van der Waals surface area contributed by atoms with Crippen molar-refractivity contribution in [1.29, 1.82) is 0 Å². The highest BCUT2D eigenvalue weighted by atomic mass is 31.2. The van der Waals surface area contributed by atoms with Crippen molar-refractivity contribution >= 4 is 15.0 Å². The van der Waals surface area contributed by atoms with E-state index in [1.165, 1.54) is 11.1 Å². The molecule has 0 aromatic carbocycles. The molecule has 140 valence electrons. The second-order valence-corrected chi connectivity index (χ2v) is 11.0. The van der Waals surface area contributed by atoms with Gasteiger partial charge in [-0.1, -0.05) is 36.3 Å². The molecule has 0 bridgehead atoms. The number of hydrogen-bond donors (Lipinski definition) is 3. The van der Waals surface area contributed by atoms with Crippen LogP contribution in [0.1, 0.15) is 59.8 Å². The van der Waals surface area contributed by atoms with Crippen LogP contribution in [0.3, 0.4) is 0 Å². The SMILES string of the molecule is CC(C)=CCC/C(C)=C/CCC(C)C/C=C/P(=O)(O)CP(=O)(O)O. The molecule has 0 heterocycles. The first-order chi connectivity index (χ1) is 10.9. The Bertz CT molecular complexity index is 553. The van der Waals surface area contributed by atoms with E-state index in [1.807, 2.05) is 0 Å². The second-order valence-electron chi connectivity index (χ2n) is 6.74. The average molecular weight is 378 g/mol. The lowest BCUT2D eigenvalue weighted by molar-refractivity contribution is 0.376. The first kappa shape index (κ1) is 23.6. The summed E-state index contributed by atoms with van der Waals surface area (Å²) in [5, 5.41) is 0. The zero-order chi connectivity index (χ0) is 18.8. The summed E-state index contributed by atoms with van der Waals surface area (Å²) in [5.41, 5.74) is 2.71. The van der Waals surface area contributed by atoms with Gasteiger partial charge in [-0.05, 0) is 64.6 Å². The van der Waals surface area contributed by atoms with Crippen LogP contribution in [0.4, 0.5) is 0 Å². The van der Waals surface area contributed by atoms with Crippen LogP contribution in [-0.2, 0) is 9.13 Å². The molecule has 0 fully saturated rings. The van der Waals surface area contributed by atoms with Crippen LogP contribution in [0.5, 0.6) is 0 Å². The smallest absolute Gasteiger partial charge is 0.335 e. The van der Waals surface area contributed by atoms with Crippen LogP contribution in [0, 0.1) is 5.92 Å². The van der Waals surface area contributed by atoms with Crippen LogP contribution in [0.15, 0.2) is 35.2 Å². The first-order valence-electron chi connectivity index (χ1n) is 8.24. The molecule has 5 nitrogen and oxygen atoms in total. The van der Waals surface area contributed by atoms with Crippen LogP contribution in [0.2, 0.25) is 0 Å². The van der Waals surface area contributed by atoms with Gasteiger partial charge in [0.1, 0.15) is 5.90 Å². The molecule has 7 heteroatoms. The molecular weight excluding hydrogens is 346 g/mol. The third-order valence-electron chi connectivity index (χ3n) is 3.51. The predicted octanol–water partition coefficient (Wildman–Crippen LogP) is 5.40. The summed E-state index contributed by atoms with van der Waals surface area (Å²) in [6.45, 7) is 8.38. The molecular formula is C17H32O5P2. The maximum atomic E-state index is 11.6. The molecule has 0 aliphatic heterocycles. The van der Waals surface area contributed by atoms with Gasteiger partial charge in [-0.2, -0.15) is 0 Å². The van der Waals surface area contributed by atoms with Gasteiger partial charge < -0.3 is 14.7 Å². The molecule has 0 radical (unpaired) electrons. The molecule has 3 N–H and O–H groups in total. The van der Waals surface area contributed by atoms with Crippen molar-refractivity contribution < 1.29 is 23.8 Å². The Morgan fingerprint density at radius 1 is 1.04 bits per heavy atom. The first-order valence-corrected chi connectivity index (χ1v) is 12.0. The monoisotopic (exact) mass is 378 g/mol. The van der Waals surface area contributed by atoms with Gasteiger partial charge >= 0.3 is 7.60 Å². The largest absolute Gasteiger partial charge is 0.341 e. The van der Waals surface area contributed by atoms with Gasteiger partial charge in [0.15, 0.2) is 0 Å². The zero-order valence-corrected chi connectivity index (χ0v) is 17.0. The second kappa shape index (κ2) is 11.2. The van der Waals surface area contributed by atoms with E-state index in [-0.39, 0.29) is 0 Å². The zero-order valence-electron chi connectivity index (χ0n) is 15.2. The quantitative estimate of drug-likeness (QED) is 0.330. The molecule has 0 saturated carbocycles. The van der Waals surface area contributed by atoms with E-state index in [1.54, 1.807) is 6.08 Å². The van der Waals surface area contributed by atoms with Gasteiger partial charge in [0, 0.05) is 0 Å². The lowest BCUT2D eigenvalue weighted by atomic mass is 10.0. The molecule has 0 rings (SSSR count). The summed E-state index contributed by atoms with van der Waals surface area (Å²) in [6, 6.07) is 0. The highest BCUT2D eigenvalue weighted by molar-refractivity contribution is 7.74. The molecule has 0 aliphatic carbocycles. The summed E-state index contributed by atoms with van der Waals surface area (Å²) in [5.74, 6) is 0.417. The Labute approximate surface area is 146 Å². The molecule has 24 heavy (non-hydrogen) atoms. The van der Waals surface area contributed by atoms with E-state index in [9.17, 15) is 14.0 Å². The molecule has 2 atom stereocenters. The van der Waals surface area contributed by atoms with Crippen molar-refractivity contribution in [3.8, 4) is 0 Å². The van der Waals surface area contributed by atoms with E-state index in [0.717, 1.165) is 31.5 Å². The molecule has 0 amide bonds. The van der Waals surface area contributed by atoms with E-state index >= 15 is 0 Å². The van der Waals surface area contributed by atoms with Gasteiger partial charge in [-0.3, -0.25) is 9.13 Å². The maximum Gasteiger partial charge on any atom is 0.335 e. The molecule has 0 aliphatic rings. The Morgan fingerprint density at radius 3 is 2.21 bits per heavy atom. The summed E-state index contributed by atoms with van der Waals surface area (Å²) < 4.78 is 22.4. The minimum absolute atomic E-state index is 0.345. The lowest BCUT2D eigenvalue weighted by Crippen LogP contribution is -1.92. The third-order valence-corrected chi connectivity index (χ3v) is 7.28. The average Bonchev–Trinajstić information content (AvgIpc) is 2.34. The standard InChI is InChI=1S/C17H32O5P2/c1-15(2)8-5-9-16(3)10-6-11-17(4)12-7-13-23(18,19)14-24(20,21)22/h7-8,10,13,17H,5-6,9,11-12,14H2,1-4H3,(H,18,19)(H2,20,21,22)/b13-7+,16-10+. The number of rotatable bonds is 11. The summed E-state index contributed by atoms with van der Waals surface area (Å²) in [6.07, 6.45) is 10.7. The number of allylic oxidation sites excluding steroid dienone is 5. The van der Waals surface area contributed by atoms with Crippen molar-refractivity contribution in [3.63, 3.8) is 0 Å². The maximum absolute atomic E-state index is 11.6. The predicted molar refractivity (Wildman–Crippen MR) is 101 cm³/mol. The van der Waals surface area contributed by atoms with E-state index in [0.29, 0.717) is 12.3 Å². The van der Waals surface area contributed by atoms with Gasteiger partial charge in [-0.25, -0.2) is 0 Å². The van der Waals surface area contributed by atoms with Crippen LogP contribution in [0.25, 0.3) is 0 Å². The Balaban J connectivity index is 4.16. The van der Waals surface area contributed by atoms with Crippen molar-refractivity contribution in [3.05, 3.63) is 35.2 Å². The Kier molecular flexibility index (Phi) is 11.0. The molecule has 0 aromatic heterocycles. The summed E-state index contributed by atoms with van der Waals surface area (Å²) >= 11 is 0. The molecule has 0 saturated heterocycles. The summed E-state index contributed by atoms with van der Waals surface area (Å²) in [4.78, 5) is 27.0. The minimum Gasteiger partial charge on any atom is -0.341 e. The lowest BCUT2D eigenvalue weighted by Gasteiger charge is -2.09. The van der Waals surface area contributed by atoms with Gasteiger partial charge in [0.25, 0.3) is 0 Å². The normalized spacial score (nSPS) is 16.9. The van der Waals surface area contributed by atoms with Gasteiger partial charge in [-0.15, -0.1) is 0 Å². The topological polar surface area (TPSA) is 94.8 Å². The van der Waals surface area contributed by atoms with Crippen molar-refractivity contribution in [1.82, 2.24) is 0 Å². The van der Waals surface area contributed by atoms with Crippen LogP contribution >= 0.6 is 15.0 Å². The molecule has 0 spiro atoms. The molecule has 0 aromatic rings. The Morgan fingerprint density at radius 2 is 1.67 bits per heavy atom. The van der Waals surface area contributed by atoms with E-state index in [2.05, 4.69) is 39.8 Å². The highest BCUT2D eigenvalue weighted by Gasteiger charge is 2.26. The fraction of sp³-hybridized carbons (Fsp3) is 0.647. The Hall–Kier alpha value is -0.440. The van der Waals surface area contributed by atoms with Gasteiger partial charge in [0.05, 0.1) is 0 Å². The van der Waals surface area contributed by atoms with Crippen molar-refractivity contribution in [2.45, 2.75) is 59.8 Å².